The number of hydrogen-bond donors (Lipinski definition) is 2. The molecule has 5 aliphatic heterocycles. The molecule has 1 atom stereocenters. The van der Waals surface area contributed by atoms with Gasteiger partial charge >= 0.3 is 0 Å². The maximum Gasteiger partial charge on any atom is 0.273 e. The number of piperidine rings is 3. The van der Waals surface area contributed by atoms with E-state index in [2.05, 4.69) is 35.6 Å². The highest BCUT2D eigenvalue weighted by molar-refractivity contribution is 6.31. The maximum atomic E-state index is 16.2. The minimum Gasteiger partial charge on any atom is -0.490 e. The van der Waals surface area contributed by atoms with Gasteiger partial charge in [-0.1, -0.05) is 11.6 Å². The van der Waals surface area contributed by atoms with Crippen LogP contribution in [0.1, 0.15) is 101 Å². The van der Waals surface area contributed by atoms with E-state index in [1.807, 2.05) is 17.0 Å². The van der Waals surface area contributed by atoms with Crippen molar-refractivity contribution in [3.63, 3.8) is 0 Å². The van der Waals surface area contributed by atoms with Crippen LogP contribution in [0, 0.1) is 16.7 Å². The molecular weight excluding hydrogens is 807 g/mol. The highest BCUT2D eigenvalue weighted by atomic mass is 35.5. The van der Waals surface area contributed by atoms with E-state index in [-0.39, 0.29) is 53.1 Å². The molecule has 0 bridgehead atoms. The number of rotatable bonds is 9. The molecule has 1 aromatic heterocycles. The third-order valence-electron chi connectivity index (χ3n) is 13.4. The Balaban J connectivity index is 0.697. The lowest BCUT2D eigenvalue weighted by Gasteiger charge is -2.55. The predicted molar refractivity (Wildman–Crippen MR) is 219 cm³/mol. The first-order valence-electron chi connectivity index (χ1n) is 21.0. The van der Waals surface area contributed by atoms with Crippen molar-refractivity contribution < 1.29 is 33.1 Å². The fraction of sp³-hybridized carbons (Fsp3) is 0.512. The second kappa shape index (κ2) is 16.3. The monoisotopic (exact) mass is 852 g/mol. The summed E-state index contributed by atoms with van der Waals surface area (Å²) in [6.07, 6.45) is 7.08. The average Bonchev–Trinajstić information content (AvgIpc) is 3.49. The number of amides is 5. The molecule has 1 spiro atoms. The zero-order chi connectivity index (χ0) is 42.5. The molecule has 2 aromatic carbocycles. The molecule has 2 N–H and O–H groups in total. The van der Waals surface area contributed by atoms with Crippen LogP contribution in [-0.4, -0.2) is 124 Å². The van der Waals surface area contributed by atoms with Crippen LogP contribution < -0.4 is 25.2 Å². The molecule has 18 heteroatoms. The van der Waals surface area contributed by atoms with E-state index in [1.165, 1.54) is 6.20 Å². The molecule has 4 saturated heterocycles. The minimum atomic E-state index is -1.34. The molecule has 9 rings (SSSR count). The van der Waals surface area contributed by atoms with Crippen LogP contribution in [0.15, 0.2) is 42.6 Å². The number of benzene rings is 2. The molecule has 16 nitrogen and oxygen atoms in total. The fourth-order valence-corrected chi connectivity index (χ4v) is 9.94. The Morgan fingerprint density at radius 2 is 1.66 bits per heavy atom. The molecule has 1 saturated carbocycles. The molecule has 6 heterocycles. The molecular formula is C43H46ClFN10O6. The van der Waals surface area contributed by atoms with E-state index in [0.29, 0.717) is 54.8 Å². The molecule has 3 aromatic rings. The number of anilines is 2. The van der Waals surface area contributed by atoms with Crippen LogP contribution in [-0.2, 0) is 9.59 Å². The number of carbonyl (C=O) groups excluding carboxylic acids is 5. The van der Waals surface area contributed by atoms with Crippen molar-refractivity contribution in [1.29, 1.82) is 5.26 Å². The Hall–Kier alpha value is -5.73. The lowest BCUT2D eigenvalue weighted by Crippen LogP contribution is -2.61. The molecule has 5 amide bonds. The molecule has 6 aliphatic rings. The number of aromatic nitrogens is 3. The van der Waals surface area contributed by atoms with Gasteiger partial charge in [-0.25, -0.2) is 9.37 Å². The van der Waals surface area contributed by atoms with Gasteiger partial charge in [0, 0.05) is 75.2 Å². The fourth-order valence-electron chi connectivity index (χ4n) is 9.72. The minimum absolute atomic E-state index is 0.0171. The van der Waals surface area contributed by atoms with Gasteiger partial charge in [-0.15, -0.1) is 10.2 Å². The summed E-state index contributed by atoms with van der Waals surface area (Å²) in [6.45, 7) is 4.44. The van der Waals surface area contributed by atoms with Gasteiger partial charge in [-0.05, 0) is 88.4 Å². The normalized spacial score (nSPS) is 24.8. The van der Waals surface area contributed by atoms with Crippen molar-refractivity contribution >= 4 is 52.8 Å². The summed E-state index contributed by atoms with van der Waals surface area (Å²) < 4.78 is 22.3. The van der Waals surface area contributed by atoms with Crippen LogP contribution in [0.5, 0.6) is 5.75 Å². The van der Waals surface area contributed by atoms with E-state index in [4.69, 9.17) is 21.6 Å². The van der Waals surface area contributed by atoms with Crippen LogP contribution in [0.3, 0.4) is 0 Å². The predicted octanol–water partition coefficient (Wildman–Crippen LogP) is 3.83. The zero-order valence-electron chi connectivity index (χ0n) is 33.6. The molecule has 0 radical (unpaired) electrons. The zero-order valence-corrected chi connectivity index (χ0v) is 34.3. The van der Waals surface area contributed by atoms with Crippen molar-refractivity contribution in [2.24, 2.45) is 5.41 Å². The number of fused-ring (bicyclic) bond motifs is 1. The SMILES string of the molecule is N#Cc1ccc(OC2CCC(NC(=O)c3cnc(N4CCC(F)(CN5CCC6(CC5)CN(c5ccc7c(c5)C(=O)N(C5CCC(=O)NC5=O)C7=O)C6)CC4)nn3)CC2)cc1Cl. The number of alkyl halides is 1. The van der Waals surface area contributed by atoms with Gasteiger partial charge in [0.1, 0.15) is 23.5 Å². The highest BCUT2D eigenvalue weighted by Gasteiger charge is 2.48. The number of nitrogens with one attached hydrogen (secondary N) is 2. The Labute approximate surface area is 356 Å². The Kier molecular flexibility index (Phi) is 10.9. The van der Waals surface area contributed by atoms with E-state index >= 15 is 4.39 Å². The van der Waals surface area contributed by atoms with E-state index in [0.717, 1.165) is 75.3 Å². The smallest absolute Gasteiger partial charge is 0.273 e. The summed E-state index contributed by atoms with van der Waals surface area (Å²) in [7, 11) is 0. The first-order chi connectivity index (χ1) is 29.4. The van der Waals surface area contributed by atoms with Gasteiger partial charge in [0.2, 0.25) is 17.8 Å². The molecule has 61 heavy (non-hydrogen) atoms. The second-order valence-electron chi connectivity index (χ2n) is 17.4. The Morgan fingerprint density at radius 1 is 0.918 bits per heavy atom. The molecule has 318 valence electrons. The van der Waals surface area contributed by atoms with E-state index in [9.17, 15) is 24.0 Å². The van der Waals surface area contributed by atoms with Crippen molar-refractivity contribution in [2.75, 3.05) is 55.6 Å². The maximum absolute atomic E-state index is 16.2. The van der Waals surface area contributed by atoms with Crippen molar-refractivity contribution in [3.05, 3.63) is 70.0 Å². The van der Waals surface area contributed by atoms with Gasteiger partial charge < -0.3 is 24.8 Å². The number of nitriles is 1. The van der Waals surface area contributed by atoms with Gasteiger partial charge in [0.15, 0.2) is 5.69 Å². The summed E-state index contributed by atoms with van der Waals surface area (Å²) >= 11 is 6.14. The third-order valence-corrected chi connectivity index (χ3v) is 13.7. The van der Waals surface area contributed by atoms with Gasteiger partial charge in [-0.3, -0.25) is 34.2 Å². The number of carbonyl (C=O) groups is 5. The second-order valence-corrected chi connectivity index (χ2v) is 17.8. The first kappa shape index (κ1) is 40.7. The van der Waals surface area contributed by atoms with Crippen LogP contribution in [0.2, 0.25) is 5.02 Å². The topological polar surface area (TPSA) is 194 Å². The number of imide groups is 2. The highest BCUT2D eigenvalue weighted by Crippen LogP contribution is 2.44. The van der Waals surface area contributed by atoms with Gasteiger partial charge in [0.25, 0.3) is 17.7 Å². The van der Waals surface area contributed by atoms with Gasteiger partial charge in [-0.2, -0.15) is 5.26 Å². The number of halogens is 2. The van der Waals surface area contributed by atoms with Gasteiger partial charge in [0.05, 0.1) is 34.0 Å². The summed E-state index contributed by atoms with van der Waals surface area (Å²) in [5, 5.41) is 23.1. The standard InChI is InChI=1S/C43H46ClFN10O6/c44-33-20-30(5-1-26(33)21-46)61-29-6-2-27(3-7-29)48-37(57)34-22-47-41(51-50-34)53-17-13-43(45,14-18-53)25-52-15-11-42(12-16-52)23-54(24-42)28-4-8-31-32(19-28)40(60)55(39(31)59)35-9-10-36(56)49-38(35)58/h1,4-5,8,19-20,22,27,29,35H,2-3,6-7,9-18,23-25H2,(H,48,57)(H,49,56,58). The van der Waals surface area contributed by atoms with Crippen molar-refractivity contribution in [1.82, 2.24) is 35.6 Å². The van der Waals surface area contributed by atoms with E-state index in [1.54, 1.807) is 30.3 Å². The molecule has 1 unspecified atom stereocenters. The first-order valence-corrected chi connectivity index (χ1v) is 21.4. The Bertz CT molecular complexity index is 2290. The summed E-state index contributed by atoms with van der Waals surface area (Å²) in [5.74, 6) is -1.42. The number of ether oxygens (including phenoxy) is 1. The number of likely N-dealkylation sites (tertiary alicyclic amines) is 1. The van der Waals surface area contributed by atoms with Crippen molar-refractivity contribution in [2.45, 2.75) is 88.1 Å². The van der Waals surface area contributed by atoms with E-state index < -0.39 is 35.3 Å². The average molecular weight is 853 g/mol. The quantitative estimate of drug-likeness (QED) is 0.296. The summed E-state index contributed by atoms with van der Waals surface area (Å²) in [4.78, 5) is 75.2. The lowest BCUT2D eigenvalue weighted by molar-refractivity contribution is -0.136. The number of hydrogen-bond acceptors (Lipinski definition) is 13. The third kappa shape index (κ3) is 8.22. The lowest BCUT2D eigenvalue weighted by atomic mass is 9.71. The largest absolute Gasteiger partial charge is 0.490 e. The number of nitrogens with zero attached hydrogens (tertiary/aromatic N) is 8. The van der Waals surface area contributed by atoms with Crippen LogP contribution >= 0.6 is 11.6 Å². The van der Waals surface area contributed by atoms with Crippen LogP contribution in [0.4, 0.5) is 16.0 Å². The summed E-state index contributed by atoms with van der Waals surface area (Å²) in [5.41, 5.74) is 0.675. The Morgan fingerprint density at radius 3 is 2.33 bits per heavy atom. The molecule has 1 aliphatic carbocycles. The van der Waals surface area contributed by atoms with Crippen molar-refractivity contribution in [3.8, 4) is 11.8 Å². The van der Waals surface area contributed by atoms with Crippen LogP contribution in [0.25, 0.3) is 0 Å². The molecule has 5 fully saturated rings. The summed E-state index contributed by atoms with van der Waals surface area (Å²) in [6, 6.07) is 11.3.